The van der Waals surface area contributed by atoms with Crippen LogP contribution in [0.25, 0.3) is 0 Å². The maximum atomic E-state index is 13.0. The number of aliphatic hydroxyl groups excluding tert-OH is 8. The summed E-state index contributed by atoms with van der Waals surface area (Å²) < 4.78 is 22.5. The van der Waals surface area contributed by atoms with E-state index in [1.165, 1.54) is 77.0 Å². The van der Waals surface area contributed by atoms with E-state index < -0.39 is 86.8 Å². The van der Waals surface area contributed by atoms with Gasteiger partial charge in [-0.25, -0.2) is 0 Å². The Morgan fingerprint density at radius 1 is 0.636 bits per heavy atom. The van der Waals surface area contributed by atoms with Gasteiger partial charge < -0.3 is 65.1 Å². The summed E-state index contributed by atoms with van der Waals surface area (Å²) in [4.78, 5) is 13.0. The summed E-state index contributed by atoms with van der Waals surface area (Å²) in [5.41, 5.74) is 0. The number of amides is 1. The van der Waals surface area contributed by atoms with E-state index in [0.717, 1.165) is 44.9 Å². The Morgan fingerprint density at radius 2 is 1.13 bits per heavy atom. The molecule has 2 fully saturated rings. The predicted molar refractivity (Wildman–Crippen MR) is 208 cm³/mol. The van der Waals surface area contributed by atoms with Crippen molar-refractivity contribution in [1.29, 1.82) is 0 Å². The molecule has 324 valence electrons. The van der Waals surface area contributed by atoms with E-state index >= 15 is 0 Å². The average Bonchev–Trinajstić information content (AvgIpc) is 3.18. The lowest BCUT2D eigenvalue weighted by atomic mass is 9.97. The molecule has 0 radical (unpaired) electrons. The van der Waals surface area contributed by atoms with Crippen molar-refractivity contribution in [3.05, 3.63) is 12.2 Å². The molecule has 12 unspecified atom stereocenters. The SMILES string of the molecule is CCCCCCCC/C=C/C(O)C(COC1OC(CO)C(OC2OC(CO)C(O)C(O)C2O)C(O)C1O)NC(=O)CCCCCCCCCCCCCCC. The molecule has 0 spiro atoms. The molecular weight excluding hydrogens is 714 g/mol. The number of allylic oxidation sites excluding steroid dienone is 1. The van der Waals surface area contributed by atoms with Gasteiger partial charge in [-0.1, -0.05) is 135 Å². The number of hydrogen-bond acceptors (Lipinski definition) is 13. The average molecular weight is 792 g/mol. The molecule has 0 aromatic heterocycles. The molecule has 0 aromatic carbocycles. The molecule has 14 nitrogen and oxygen atoms in total. The fourth-order valence-electron chi connectivity index (χ4n) is 7.11. The quantitative estimate of drug-likeness (QED) is 0.0364. The zero-order valence-electron chi connectivity index (χ0n) is 33.7. The van der Waals surface area contributed by atoms with E-state index in [-0.39, 0.29) is 18.9 Å². The topological polar surface area (TPSA) is 228 Å². The first kappa shape index (κ1) is 49.9. The number of aliphatic hydroxyl groups is 8. The number of nitrogens with one attached hydrogen (secondary N) is 1. The molecule has 0 saturated carbocycles. The second kappa shape index (κ2) is 29.9. The van der Waals surface area contributed by atoms with Gasteiger partial charge in [0.1, 0.15) is 48.8 Å². The van der Waals surface area contributed by atoms with Crippen LogP contribution in [0.3, 0.4) is 0 Å². The van der Waals surface area contributed by atoms with Gasteiger partial charge in [-0.2, -0.15) is 0 Å². The molecule has 0 aromatic rings. The summed E-state index contributed by atoms with van der Waals surface area (Å²) >= 11 is 0. The zero-order chi connectivity index (χ0) is 40.4. The van der Waals surface area contributed by atoms with Crippen molar-refractivity contribution in [2.24, 2.45) is 0 Å². The van der Waals surface area contributed by atoms with Crippen LogP contribution in [-0.4, -0.2) is 140 Å². The summed E-state index contributed by atoms with van der Waals surface area (Å²) in [6.45, 7) is 2.70. The second-order valence-corrected chi connectivity index (χ2v) is 15.5. The highest BCUT2D eigenvalue weighted by Gasteiger charge is 2.50. The molecule has 0 bridgehead atoms. The van der Waals surface area contributed by atoms with Crippen molar-refractivity contribution in [2.45, 2.75) is 222 Å². The number of rotatable bonds is 31. The Bertz CT molecular complexity index is 988. The molecule has 12 atom stereocenters. The molecule has 2 saturated heterocycles. The fraction of sp³-hybridized carbons (Fsp3) is 0.927. The Hall–Kier alpha value is -1.27. The van der Waals surface area contributed by atoms with Gasteiger partial charge in [-0.3, -0.25) is 4.79 Å². The zero-order valence-corrected chi connectivity index (χ0v) is 33.7. The third-order valence-corrected chi connectivity index (χ3v) is 10.7. The van der Waals surface area contributed by atoms with E-state index in [4.69, 9.17) is 18.9 Å². The monoisotopic (exact) mass is 792 g/mol. The highest BCUT2D eigenvalue weighted by atomic mass is 16.7. The highest BCUT2D eigenvalue weighted by Crippen LogP contribution is 2.30. The van der Waals surface area contributed by atoms with Crippen LogP contribution in [0, 0.1) is 0 Å². The van der Waals surface area contributed by atoms with Crippen LogP contribution in [0.15, 0.2) is 12.2 Å². The van der Waals surface area contributed by atoms with Crippen LogP contribution in [0.4, 0.5) is 0 Å². The van der Waals surface area contributed by atoms with Gasteiger partial charge in [0.25, 0.3) is 0 Å². The predicted octanol–water partition coefficient (Wildman–Crippen LogP) is 3.26. The summed E-state index contributed by atoms with van der Waals surface area (Å²) in [6.07, 6.45) is 9.97. The maximum absolute atomic E-state index is 13.0. The molecular formula is C41H77NO13. The van der Waals surface area contributed by atoms with Crippen LogP contribution in [0.2, 0.25) is 0 Å². The molecule has 2 aliphatic rings. The Balaban J connectivity index is 1.91. The molecule has 9 N–H and O–H groups in total. The lowest BCUT2D eigenvalue weighted by Crippen LogP contribution is -2.65. The minimum absolute atomic E-state index is 0.244. The normalized spacial score (nSPS) is 29.8. The maximum Gasteiger partial charge on any atom is 0.220 e. The van der Waals surface area contributed by atoms with E-state index in [9.17, 15) is 45.6 Å². The van der Waals surface area contributed by atoms with Crippen LogP contribution >= 0.6 is 0 Å². The molecule has 14 heteroatoms. The van der Waals surface area contributed by atoms with Crippen molar-refractivity contribution >= 4 is 5.91 Å². The molecule has 2 aliphatic heterocycles. The lowest BCUT2D eigenvalue weighted by Gasteiger charge is -2.46. The van der Waals surface area contributed by atoms with E-state index in [0.29, 0.717) is 6.42 Å². The van der Waals surface area contributed by atoms with Crippen molar-refractivity contribution in [2.75, 3.05) is 19.8 Å². The molecule has 0 aliphatic carbocycles. The molecule has 55 heavy (non-hydrogen) atoms. The van der Waals surface area contributed by atoms with Crippen molar-refractivity contribution < 1.29 is 64.6 Å². The number of carbonyl (C=O) groups is 1. The van der Waals surface area contributed by atoms with Crippen molar-refractivity contribution in [3.63, 3.8) is 0 Å². The minimum Gasteiger partial charge on any atom is -0.394 e. The largest absolute Gasteiger partial charge is 0.394 e. The van der Waals surface area contributed by atoms with Gasteiger partial charge in [0.05, 0.1) is 32.0 Å². The lowest BCUT2D eigenvalue weighted by molar-refractivity contribution is -0.359. The third kappa shape index (κ3) is 18.9. The van der Waals surface area contributed by atoms with Gasteiger partial charge in [0.2, 0.25) is 5.91 Å². The summed E-state index contributed by atoms with van der Waals surface area (Å²) in [6, 6.07) is -0.904. The van der Waals surface area contributed by atoms with Crippen LogP contribution in [-0.2, 0) is 23.7 Å². The molecule has 1 amide bonds. The first-order valence-corrected chi connectivity index (χ1v) is 21.4. The van der Waals surface area contributed by atoms with Gasteiger partial charge >= 0.3 is 0 Å². The number of carbonyl (C=O) groups excluding carboxylic acids is 1. The van der Waals surface area contributed by atoms with Crippen molar-refractivity contribution in [1.82, 2.24) is 5.32 Å². The Morgan fingerprint density at radius 3 is 1.67 bits per heavy atom. The van der Waals surface area contributed by atoms with Crippen molar-refractivity contribution in [3.8, 4) is 0 Å². The third-order valence-electron chi connectivity index (χ3n) is 10.7. The standard InChI is InChI=1S/C41H77NO13/c1-3-5-7-9-11-13-14-15-16-17-19-21-23-25-33(46)42-29(30(45)24-22-20-18-12-10-8-6-4-2)28-52-40-38(51)36(49)39(32(27-44)54-40)55-41-37(50)35(48)34(47)31(26-43)53-41/h22,24,29-32,34-41,43-45,47-51H,3-21,23,25-28H2,1-2H3,(H,42,46)/b24-22+. The van der Waals surface area contributed by atoms with Crippen LogP contribution in [0.1, 0.15) is 149 Å². The number of unbranched alkanes of at least 4 members (excludes halogenated alkanes) is 18. The minimum atomic E-state index is -1.78. The van der Waals surface area contributed by atoms with E-state index in [2.05, 4.69) is 19.2 Å². The van der Waals surface area contributed by atoms with Crippen LogP contribution in [0.5, 0.6) is 0 Å². The number of ether oxygens (including phenoxy) is 4. The first-order chi connectivity index (χ1) is 26.6. The summed E-state index contributed by atoms with van der Waals surface area (Å²) in [5, 5.41) is 86.1. The molecule has 2 rings (SSSR count). The van der Waals surface area contributed by atoms with Gasteiger partial charge in [-0.15, -0.1) is 0 Å². The Kier molecular flexibility index (Phi) is 27.1. The Labute approximate surface area is 329 Å². The summed E-state index contributed by atoms with van der Waals surface area (Å²) in [5.74, 6) is -0.244. The van der Waals surface area contributed by atoms with Gasteiger partial charge in [-0.05, 0) is 19.3 Å². The fourth-order valence-corrected chi connectivity index (χ4v) is 7.11. The highest BCUT2D eigenvalue weighted by molar-refractivity contribution is 5.76. The van der Waals surface area contributed by atoms with Crippen LogP contribution < -0.4 is 5.32 Å². The summed E-state index contributed by atoms with van der Waals surface area (Å²) in [7, 11) is 0. The first-order valence-electron chi connectivity index (χ1n) is 21.4. The number of hydrogen-bond donors (Lipinski definition) is 9. The molecule has 2 heterocycles. The van der Waals surface area contributed by atoms with E-state index in [1.54, 1.807) is 6.08 Å². The second-order valence-electron chi connectivity index (χ2n) is 15.5. The smallest absolute Gasteiger partial charge is 0.220 e. The van der Waals surface area contributed by atoms with E-state index in [1.807, 2.05) is 6.08 Å². The van der Waals surface area contributed by atoms with Gasteiger partial charge in [0, 0.05) is 6.42 Å². The van der Waals surface area contributed by atoms with Gasteiger partial charge in [0.15, 0.2) is 12.6 Å².